The third-order valence-corrected chi connectivity index (χ3v) is 5.38. The Balaban J connectivity index is 1.42. The highest BCUT2D eigenvalue weighted by Crippen LogP contribution is 2.40. The molecule has 2 aromatic carbocycles. The normalized spacial score (nSPS) is 17.9. The molecule has 2 amide bonds. The van der Waals surface area contributed by atoms with E-state index in [9.17, 15) is 9.59 Å². The average Bonchev–Trinajstić information content (AvgIpc) is 2.69. The lowest BCUT2D eigenvalue weighted by Crippen LogP contribution is -2.34. The van der Waals surface area contributed by atoms with Gasteiger partial charge in [-0.25, -0.2) is 0 Å². The van der Waals surface area contributed by atoms with Crippen LogP contribution in [0.25, 0.3) is 0 Å². The minimum Gasteiger partial charge on any atom is -0.493 e. The van der Waals surface area contributed by atoms with Crippen molar-refractivity contribution in [1.29, 1.82) is 0 Å². The summed E-state index contributed by atoms with van der Waals surface area (Å²) in [6.07, 6.45) is 3.01. The van der Waals surface area contributed by atoms with Gasteiger partial charge in [0, 0.05) is 24.2 Å². The van der Waals surface area contributed by atoms with Crippen molar-refractivity contribution in [3.8, 4) is 5.75 Å². The van der Waals surface area contributed by atoms with Gasteiger partial charge < -0.3 is 15.4 Å². The fraction of sp³-hybridized carbons (Fsp3) is 0.364. The van der Waals surface area contributed by atoms with E-state index in [0.717, 1.165) is 41.7 Å². The number of benzene rings is 2. The van der Waals surface area contributed by atoms with Crippen LogP contribution in [0, 0.1) is 0 Å². The lowest BCUT2D eigenvalue weighted by Gasteiger charge is -2.31. The van der Waals surface area contributed by atoms with E-state index < -0.39 is 0 Å². The average molecular weight is 364 g/mol. The van der Waals surface area contributed by atoms with Gasteiger partial charge >= 0.3 is 0 Å². The zero-order valence-electron chi connectivity index (χ0n) is 15.3. The van der Waals surface area contributed by atoms with Gasteiger partial charge in [0.2, 0.25) is 5.91 Å². The molecule has 0 fully saturated rings. The first kappa shape index (κ1) is 17.6. The quantitative estimate of drug-likeness (QED) is 0.857. The Morgan fingerprint density at radius 3 is 2.89 bits per heavy atom. The summed E-state index contributed by atoms with van der Waals surface area (Å²) in [4.78, 5) is 24.3. The Kier molecular flexibility index (Phi) is 5.10. The molecule has 1 atom stereocenters. The molecule has 0 bridgehead atoms. The van der Waals surface area contributed by atoms with E-state index in [-0.39, 0.29) is 11.8 Å². The molecule has 2 heterocycles. The smallest absolute Gasteiger partial charge is 0.251 e. The van der Waals surface area contributed by atoms with Gasteiger partial charge in [-0.05, 0) is 48.4 Å². The van der Waals surface area contributed by atoms with Gasteiger partial charge in [-0.2, -0.15) is 0 Å². The van der Waals surface area contributed by atoms with Crippen LogP contribution in [0.4, 0.5) is 0 Å². The largest absolute Gasteiger partial charge is 0.493 e. The summed E-state index contributed by atoms with van der Waals surface area (Å²) >= 11 is 0. The van der Waals surface area contributed by atoms with E-state index in [4.69, 9.17) is 4.74 Å². The number of hydrogen-bond donors (Lipinski definition) is 2. The van der Waals surface area contributed by atoms with Crippen LogP contribution in [-0.2, 0) is 17.6 Å². The van der Waals surface area contributed by atoms with Gasteiger partial charge in [-0.3, -0.25) is 9.59 Å². The highest BCUT2D eigenvalue weighted by atomic mass is 16.5. The monoisotopic (exact) mass is 364 g/mol. The summed E-state index contributed by atoms with van der Waals surface area (Å²) in [5.74, 6) is 1.25. The second kappa shape index (κ2) is 7.82. The number of carbonyl (C=O) groups excluding carboxylic acids is 2. The highest BCUT2D eigenvalue weighted by Gasteiger charge is 2.29. The molecule has 0 radical (unpaired) electrons. The summed E-state index contributed by atoms with van der Waals surface area (Å²) in [6, 6.07) is 13.6. The summed E-state index contributed by atoms with van der Waals surface area (Å²) < 4.78 is 5.84. The molecule has 0 saturated heterocycles. The number of rotatable bonds is 5. The Morgan fingerprint density at radius 1 is 1.19 bits per heavy atom. The van der Waals surface area contributed by atoms with E-state index in [1.165, 1.54) is 5.56 Å². The number of hydrogen-bond acceptors (Lipinski definition) is 3. The molecule has 2 N–H and O–H groups in total. The first-order valence-electron chi connectivity index (χ1n) is 9.60. The van der Waals surface area contributed by atoms with E-state index in [1.807, 2.05) is 42.5 Å². The maximum atomic E-state index is 12.2. The van der Waals surface area contributed by atoms with Gasteiger partial charge in [-0.15, -0.1) is 0 Å². The van der Waals surface area contributed by atoms with Crippen LogP contribution in [0.2, 0.25) is 0 Å². The molecule has 0 saturated carbocycles. The van der Waals surface area contributed by atoms with Crippen LogP contribution < -0.4 is 15.4 Å². The van der Waals surface area contributed by atoms with Crippen LogP contribution >= 0.6 is 0 Å². The molecule has 2 aliphatic heterocycles. The number of carbonyl (C=O) groups is 2. The standard InChI is InChI=1S/C22H24N2O3/c25-20(14-15-4-2-1-3-5-15)23-11-8-16-10-13-27-19-7-6-18-17(21(16)19)9-12-24-22(18)26/h1-7,16H,8-14H2,(H,23,25)(H,24,26). The van der Waals surface area contributed by atoms with Gasteiger partial charge in [0.05, 0.1) is 13.0 Å². The Hall–Kier alpha value is -2.82. The maximum Gasteiger partial charge on any atom is 0.251 e. The minimum absolute atomic E-state index is 0.000428. The van der Waals surface area contributed by atoms with Crippen LogP contribution in [0.3, 0.4) is 0 Å². The van der Waals surface area contributed by atoms with Crippen molar-refractivity contribution in [1.82, 2.24) is 10.6 Å². The lowest BCUT2D eigenvalue weighted by molar-refractivity contribution is -0.120. The first-order valence-corrected chi connectivity index (χ1v) is 9.60. The second-order valence-corrected chi connectivity index (χ2v) is 7.14. The molecule has 2 aliphatic rings. The fourth-order valence-electron chi connectivity index (χ4n) is 4.07. The number of fused-ring (bicyclic) bond motifs is 3. The van der Waals surface area contributed by atoms with Gasteiger partial charge in [-0.1, -0.05) is 30.3 Å². The van der Waals surface area contributed by atoms with Crippen LogP contribution in [-0.4, -0.2) is 31.5 Å². The molecule has 0 spiro atoms. The van der Waals surface area contributed by atoms with E-state index in [1.54, 1.807) is 0 Å². The summed E-state index contributed by atoms with van der Waals surface area (Å²) in [7, 11) is 0. The SMILES string of the molecule is O=C(Cc1ccccc1)NCCC1CCOc2ccc3c(c21)CCNC3=O. The van der Waals surface area contributed by atoms with Crippen molar-refractivity contribution < 1.29 is 14.3 Å². The fourth-order valence-corrected chi connectivity index (χ4v) is 4.07. The lowest BCUT2D eigenvalue weighted by atomic mass is 9.82. The number of ether oxygens (including phenoxy) is 1. The van der Waals surface area contributed by atoms with Crippen LogP contribution in [0.15, 0.2) is 42.5 Å². The number of nitrogens with one attached hydrogen (secondary N) is 2. The summed E-state index contributed by atoms with van der Waals surface area (Å²) in [5, 5.41) is 5.94. The Bertz CT molecular complexity index is 848. The zero-order valence-corrected chi connectivity index (χ0v) is 15.3. The van der Waals surface area contributed by atoms with Crippen molar-refractivity contribution in [2.75, 3.05) is 19.7 Å². The Labute approximate surface area is 159 Å². The molecule has 2 aromatic rings. The third-order valence-electron chi connectivity index (χ3n) is 5.38. The Morgan fingerprint density at radius 2 is 2.04 bits per heavy atom. The number of amides is 2. The van der Waals surface area contributed by atoms with Crippen molar-refractivity contribution in [3.63, 3.8) is 0 Å². The highest BCUT2D eigenvalue weighted by molar-refractivity contribution is 5.97. The maximum absolute atomic E-state index is 12.2. The molecule has 5 heteroatoms. The van der Waals surface area contributed by atoms with Crippen LogP contribution in [0.5, 0.6) is 5.75 Å². The van der Waals surface area contributed by atoms with Crippen molar-refractivity contribution >= 4 is 11.8 Å². The first-order chi connectivity index (χ1) is 13.2. The van der Waals surface area contributed by atoms with Crippen molar-refractivity contribution in [2.24, 2.45) is 0 Å². The molecular formula is C22H24N2O3. The predicted molar refractivity (Wildman–Crippen MR) is 103 cm³/mol. The molecule has 0 aromatic heterocycles. The topological polar surface area (TPSA) is 67.4 Å². The molecule has 4 rings (SSSR count). The van der Waals surface area contributed by atoms with E-state index >= 15 is 0 Å². The van der Waals surface area contributed by atoms with Crippen molar-refractivity contribution in [3.05, 3.63) is 64.7 Å². The summed E-state index contributed by atoms with van der Waals surface area (Å²) in [5.41, 5.74) is 4.08. The molecule has 140 valence electrons. The van der Waals surface area contributed by atoms with E-state index in [2.05, 4.69) is 10.6 Å². The second-order valence-electron chi connectivity index (χ2n) is 7.14. The molecule has 0 aliphatic carbocycles. The molecule has 1 unspecified atom stereocenters. The van der Waals surface area contributed by atoms with Gasteiger partial charge in [0.25, 0.3) is 5.91 Å². The molecule has 5 nitrogen and oxygen atoms in total. The predicted octanol–water partition coefficient (Wildman–Crippen LogP) is 2.59. The third kappa shape index (κ3) is 3.82. The molecule has 27 heavy (non-hydrogen) atoms. The van der Waals surface area contributed by atoms with Gasteiger partial charge in [0.15, 0.2) is 0 Å². The minimum atomic E-state index is -0.000428. The van der Waals surface area contributed by atoms with Gasteiger partial charge in [0.1, 0.15) is 5.75 Å². The summed E-state index contributed by atoms with van der Waals surface area (Å²) in [6.45, 7) is 1.98. The van der Waals surface area contributed by atoms with E-state index in [0.29, 0.717) is 32.0 Å². The van der Waals surface area contributed by atoms with Crippen LogP contribution in [0.1, 0.15) is 45.8 Å². The molecular weight excluding hydrogens is 340 g/mol. The zero-order chi connectivity index (χ0) is 18.6. The van der Waals surface area contributed by atoms with Crippen molar-refractivity contribution in [2.45, 2.75) is 31.6 Å².